The highest BCUT2D eigenvalue weighted by atomic mass is 16.7. The van der Waals surface area contributed by atoms with Crippen molar-refractivity contribution in [2.45, 2.75) is 103 Å². The molecular weight excluding hydrogens is 658 g/mol. The zero-order chi connectivity index (χ0) is 36.1. The van der Waals surface area contributed by atoms with E-state index >= 15 is 0 Å². The van der Waals surface area contributed by atoms with E-state index in [-0.39, 0.29) is 41.7 Å². The summed E-state index contributed by atoms with van der Waals surface area (Å²) in [5.74, 6) is 4.73. The van der Waals surface area contributed by atoms with Crippen molar-refractivity contribution in [3.05, 3.63) is 42.1 Å². The summed E-state index contributed by atoms with van der Waals surface area (Å²) in [4.78, 5) is 14.0. The average molecular weight is 713 g/mol. The predicted molar refractivity (Wildman–Crippen MR) is 194 cm³/mol. The van der Waals surface area contributed by atoms with Gasteiger partial charge in [-0.25, -0.2) is 0 Å². The number of aliphatic hydroxyl groups excluding tert-OH is 2. The van der Waals surface area contributed by atoms with Crippen molar-refractivity contribution in [1.82, 2.24) is 0 Å². The van der Waals surface area contributed by atoms with Crippen molar-refractivity contribution >= 4 is 16.7 Å². The molecule has 4 fully saturated rings. The van der Waals surface area contributed by atoms with Crippen LogP contribution in [0.15, 0.2) is 36.5 Å². The van der Waals surface area contributed by atoms with Crippen LogP contribution < -0.4 is 23.5 Å². The third-order valence-corrected chi connectivity index (χ3v) is 15.2. The molecule has 9 rings (SSSR count). The van der Waals surface area contributed by atoms with E-state index in [1.807, 2.05) is 24.3 Å². The first kappa shape index (κ1) is 34.2. The van der Waals surface area contributed by atoms with Crippen molar-refractivity contribution in [1.29, 1.82) is 0 Å². The number of carbonyl (C=O) groups is 1. The number of esters is 1. The highest BCUT2D eigenvalue weighted by Crippen LogP contribution is 2.68. The molecule has 2 N–H and O–H groups in total. The number of carbonyl (C=O) groups excluding carboxylic acids is 1. The molecule has 11 atom stereocenters. The topological polar surface area (TPSA) is 108 Å². The van der Waals surface area contributed by atoms with E-state index in [0.29, 0.717) is 65.6 Å². The van der Waals surface area contributed by atoms with E-state index in [4.69, 9.17) is 23.7 Å². The molecule has 1 aromatic heterocycles. The summed E-state index contributed by atoms with van der Waals surface area (Å²) in [5.41, 5.74) is 3.17. The molecule has 6 aliphatic rings. The first-order chi connectivity index (χ1) is 25.0. The number of pyridine rings is 1. The Labute approximate surface area is 306 Å². The Balaban J connectivity index is 0.957. The average Bonchev–Trinajstić information content (AvgIpc) is 3.74. The van der Waals surface area contributed by atoms with Crippen molar-refractivity contribution in [2.75, 3.05) is 21.0 Å². The number of hydrogen-bond donors (Lipinski definition) is 2. The fourth-order valence-corrected chi connectivity index (χ4v) is 12.7. The second-order valence-electron chi connectivity index (χ2n) is 17.5. The fraction of sp³-hybridized carbons (Fsp3) is 0.628. The van der Waals surface area contributed by atoms with Gasteiger partial charge >= 0.3 is 5.97 Å². The molecule has 0 amide bonds. The number of fused-ring (bicyclic) bond motifs is 10. The molecule has 2 aliphatic heterocycles. The molecule has 0 radical (unpaired) electrons. The van der Waals surface area contributed by atoms with E-state index < -0.39 is 6.10 Å². The zero-order valence-electron chi connectivity index (χ0n) is 31.2. The number of nitrogens with zero attached hydrogens (tertiary/aromatic N) is 1. The number of benzene rings is 2. The van der Waals surface area contributed by atoms with Gasteiger partial charge in [-0.15, -0.1) is 0 Å². The van der Waals surface area contributed by atoms with Gasteiger partial charge in [0, 0.05) is 18.1 Å². The summed E-state index contributed by atoms with van der Waals surface area (Å²) in [7, 11) is 3.29. The molecule has 3 heterocycles. The third-order valence-electron chi connectivity index (χ3n) is 15.2. The van der Waals surface area contributed by atoms with Crippen LogP contribution in [0.25, 0.3) is 22.0 Å². The smallest absolute Gasteiger partial charge is 0.306 e. The van der Waals surface area contributed by atoms with Crippen LogP contribution in [0.2, 0.25) is 0 Å². The lowest BCUT2D eigenvalue weighted by molar-refractivity contribution is -0.694. The standard InChI is InChI=1S/C43H54NO8/c1-23(30-7-8-31-40-32(11-13-43(30,31)3)42(2)12-10-26(45)16-25(42)17-34(40)46)14-39(47)52-38-21-44-20-29-24(6-9-35(48-4)41(29)49-5)15-33(44)27-18-36-37(19-28(27)38)51-22-50-36/h6,9,15,18-20,23,25-26,30-32,34,38,40,45-46H,7-8,10-14,16-17,21-22H2,1-5H3/q+1/t23-,25+,26-,30-,31+,32+,34+,38?,40+,42+,43-/m1/s1. The fourth-order valence-electron chi connectivity index (χ4n) is 12.7. The summed E-state index contributed by atoms with van der Waals surface area (Å²) in [6.07, 6.45) is 9.45. The Morgan fingerprint density at radius 1 is 0.962 bits per heavy atom. The van der Waals surface area contributed by atoms with Crippen LogP contribution in [0, 0.1) is 46.3 Å². The molecule has 1 unspecified atom stereocenters. The molecule has 0 saturated heterocycles. The molecule has 52 heavy (non-hydrogen) atoms. The van der Waals surface area contributed by atoms with Gasteiger partial charge < -0.3 is 33.9 Å². The second-order valence-corrected chi connectivity index (χ2v) is 17.5. The van der Waals surface area contributed by atoms with Crippen LogP contribution in [-0.4, -0.2) is 49.4 Å². The highest BCUT2D eigenvalue weighted by Gasteiger charge is 2.63. The van der Waals surface area contributed by atoms with Crippen LogP contribution in [0.4, 0.5) is 0 Å². The molecule has 4 saturated carbocycles. The van der Waals surface area contributed by atoms with Gasteiger partial charge in [-0.05, 0) is 127 Å². The molecule has 0 spiro atoms. The third kappa shape index (κ3) is 5.15. The van der Waals surface area contributed by atoms with Gasteiger partial charge in [-0.2, -0.15) is 4.57 Å². The minimum Gasteiger partial charge on any atom is -0.493 e. The second kappa shape index (κ2) is 12.5. The number of ether oxygens (including phenoxy) is 5. The number of aromatic nitrogens is 1. The molecule has 4 aliphatic carbocycles. The van der Waals surface area contributed by atoms with Crippen LogP contribution >= 0.6 is 0 Å². The van der Waals surface area contributed by atoms with Crippen molar-refractivity contribution < 1.29 is 43.3 Å². The Morgan fingerprint density at radius 2 is 1.73 bits per heavy atom. The molecule has 9 heteroatoms. The summed E-state index contributed by atoms with van der Waals surface area (Å²) in [5, 5.41) is 24.1. The molecule has 278 valence electrons. The lowest BCUT2D eigenvalue weighted by Gasteiger charge is -2.62. The van der Waals surface area contributed by atoms with E-state index in [9.17, 15) is 15.0 Å². The number of aliphatic hydroxyl groups is 2. The van der Waals surface area contributed by atoms with Crippen molar-refractivity contribution in [3.63, 3.8) is 0 Å². The number of methoxy groups -OCH3 is 2. The highest BCUT2D eigenvalue weighted by molar-refractivity contribution is 5.92. The Bertz CT molecular complexity index is 1910. The number of rotatable bonds is 6. The Morgan fingerprint density at radius 3 is 2.52 bits per heavy atom. The molecule has 0 bridgehead atoms. The monoisotopic (exact) mass is 712 g/mol. The van der Waals surface area contributed by atoms with Gasteiger partial charge in [-0.3, -0.25) is 4.79 Å². The van der Waals surface area contributed by atoms with E-state index in [1.165, 1.54) is 0 Å². The molecule has 2 aromatic carbocycles. The van der Waals surface area contributed by atoms with Crippen molar-refractivity contribution in [3.8, 4) is 34.3 Å². The van der Waals surface area contributed by atoms with Crippen LogP contribution in [0.3, 0.4) is 0 Å². The Kier molecular flexibility index (Phi) is 8.23. The van der Waals surface area contributed by atoms with Crippen LogP contribution in [0.5, 0.6) is 23.0 Å². The van der Waals surface area contributed by atoms with Crippen LogP contribution in [0.1, 0.15) is 90.2 Å². The summed E-state index contributed by atoms with van der Waals surface area (Å²) in [6.45, 7) is 7.78. The molecule has 9 nitrogen and oxygen atoms in total. The lowest BCUT2D eigenvalue weighted by atomic mass is 9.43. The van der Waals surface area contributed by atoms with E-state index in [1.54, 1.807) is 14.2 Å². The van der Waals surface area contributed by atoms with Gasteiger partial charge in [-0.1, -0.05) is 20.8 Å². The van der Waals surface area contributed by atoms with Gasteiger partial charge in [0.15, 0.2) is 41.8 Å². The largest absolute Gasteiger partial charge is 0.493 e. The predicted octanol–water partition coefficient (Wildman–Crippen LogP) is 7.15. The quantitative estimate of drug-likeness (QED) is 0.205. The SMILES string of the molecule is COc1ccc2cc3[n+](cc2c1OC)CC(OC(=O)C[C@@H](C)[C@H]1CC[C@H]2[C@@H]4[C@@H](O)C[C@@H]5C[C@H](O)CC[C@]5(C)[C@H]4CC[C@]12C)c1cc2c(cc1-3)OCO2. The molecule has 3 aromatic rings. The van der Waals surface area contributed by atoms with Gasteiger partial charge in [0.25, 0.3) is 0 Å². The molecular formula is C43H54NO8+. The maximum Gasteiger partial charge on any atom is 0.306 e. The van der Waals surface area contributed by atoms with Gasteiger partial charge in [0.2, 0.25) is 12.5 Å². The van der Waals surface area contributed by atoms with Gasteiger partial charge in [0.1, 0.15) is 0 Å². The van der Waals surface area contributed by atoms with Crippen molar-refractivity contribution in [2.24, 2.45) is 46.3 Å². The summed E-state index contributed by atoms with van der Waals surface area (Å²) < 4.78 is 31.5. The zero-order valence-corrected chi connectivity index (χ0v) is 31.2. The normalized spacial score (nSPS) is 36.1. The minimum atomic E-state index is -0.502. The first-order valence-corrected chi connectivity index (χ1v) is 19.6. The summed E-state index contributed by atoms with van der Waals surface area (Å²) >= 11 is 0. The maximum atomic E-state index is 14.0. The maximum absolute atomic E-state index is 14.0. The van der Waals surface area contributed by atoms with Crippen LogP contribution in [-0.2, 0) is 16.1 Å². The minimum absolute atomic E-state index is 0.0878. The number of hydrogen-bond acceptors (Lipinski definition) is 8. The summed E-state index contributed by atoms with van der Waals surface area (Å²) in [6, 6.07) is 10.1. The Hall–Kier alpha value is -3.56. The first-order valence-electron chi connectivity index (χ1n) is 19.6. The van der Waals surface area contributed by atoms with E-state index in [2.05, 4.69) is 37.6 Å². The lowest BCUT2D eigenvalue weighted by Crippen LogP contribution is -2.58. The van der Waals surface area contributed by atoms with E-state index in [0.717, 1.165) is 79.0 Å². The van der Waals surface area contributed by atoms with Gasteiger partial charge in [0.05, 0.1) is 37.4 Å².